The van der Waals surface area contributed by atoms with Crippen molar-refractivity contribution >= 4 is 10.0 Å². The molecule has 8 heteroatoms. The summed E-state index contributed by atoms with van der Waals surface area (Å²) < 4.78 is 51.2. The molecule has 3 rings (SSSR count). The van der Waals surface area contributed by atoms with Crippen molar-refractivity contribution in [1.82, 2.24) is 4.72 Å². The van der Waals surface area contributed by atoms with Gasteiger partial charge in [0, 0.05) is 18.6 Å². The monoisotopic (exact) mass is 418 g/mol. The van der Waals surface area contributed by atoms with Gasteiger partial charge >= 0.3 is 0 Å². The average Bonchev–Trinajstić information content (AvgIpc) is 2.73. The van der Waals surface area contributed by atoms with Crippen LogP contribution in [0.1, 0.15) is 18.9 Å². The number of halogens is 1. The van der Waals surface area contributed by atoms with Gasteiger partial charge in [-0.15, -0.1) is 0 Å². The highest BCUT2D eigenvalue weighted by Crippen LogP contribution is 2.27. The van der Waals surface area contributed by atoms with Crippen LogP contribution in [-0.4, -0.2) is 40.0 Å². The Kier molecular flexibility index (Phi) is 6.85. The number of ether oxygens (including phenoxy) is 2. The maximum absolute atomic E-state index is 13.3. The van der Waals surface area contributed by atoms with E-state index in [0.29, 0.717) is 37.6 Å². The summed E-state index contributed by atoms with van der Waals surface area (Å²) >= 11 is 0. The Balaban J connectivity index is 1.66. The molecule has 0 unspecified atom stereocenters. The number of nitrogens with zero attached hydrogens (tertiary/aromatic N) is 1. The molecule has 0 saturated carbocycles. The van der Waals surface area contributed by atoms with Gasteiger partial charge in [0.15, 0.2) is 0 Å². The van der Waals surface area contributed by atoms with Crippen molar-refractivity contribution < 1.29 is 22.3 Å². The molecule has 1 heterocycles. The first-order valence-corrected chi connectivity index (χ1v) is 11.1. The second-order valence-electron chi connectivity index (χ2n) is 6.89. The summed E-state index contributed by atoms with van der Waals surface area (Å²) in [5.41, 5.74) is 1.70. The minimum Gasteiger partial charge on any atom is -0.493 e. The Hall–Kier alpha value is -2.47. The quantitative estimate of drug-likeness (QED) is 0.747. The van der Waals surface area contributed by atoms with Crippen molar-refractivity contribution in [2.75, 3.05) is 25.6 Å². The highest BCUT2D eigenvalue weighted by atomic mass is 32.2. The van der Waals surface area contributed by atoms with Crippen LogP contribution in [0.4, 0.5) is 4.39 Å². The fourth-order valence-corrected chi connectivity index (χ4v) is 4.16. The molecule has 0 radical (unpaired) electrons. The van der Waals surface area contributed by atoms with Crippen molar-refractivity contribution in [3.8, 4) is 22.9 Å². The largest absolute Gasteiger partial charge is 0.493 e. The van der Waals surface area contributed by atoms with E-state index in [1.54, 1.807) is 37.3 Å². The lowest BCUT2D eigenvalue weighted by Crippen LogP contribution is -2.47. The minimum absolute atomic E-state index is 0.0352. The predicted octanol–water partition coefficient (Wildman–Crippen LogP) is 3.09. The van der Waals surface area contributed by atoms with Gasteiger partial charge in [0.25, 0.3) is 0 Å². The Morgan fingerprint density at radius 3 is 2.72 bits per heavy atom. The number of rotatable bonds is 7. The molecule has 2 atom stereocenters. The fourth-order valence-electron chi connectivity index (χ4n) is 3.22. The SMILES string of the molecule is CCS(=O)(=O)N[C@H]1CCOC[C@@H]1COc1ccc(-c2ccc(F)cc2C#N)cc1. The van der Waals surface area contributed by atoms with Crippen molar-refractivity contribution in [2.45, 2.75) is 19.4 Å². The molecule has 0 amide bonds. The first kappa shape index (κ1) is 21.2. The van der Waals surface area contributed by atoms with Gasteiger partial charge in [-0.25, -0.2) is 17.5 Å². The van der Waals surface area contributed by atoms with Crippen LogP contribution >= 0.6 is 0 Å². The van der Waals surface area contributed by atoms with E-state index in [1.165, 1.54) is 12.1 Å². The maximum Gasteiger partial charge on any atom is 0.211 e. The number of hydrogen-bond acceptors (Lipinski definition) is 5. The van der Waals surface area contributed by atoms with E-state index in [-0.39, 0.29) is 23.3 Å². The molecule has 29 heavy (non-hydrogen) atoms. The molecule has 1 N–H and O–H groups in total. The second kappa shape index (κ2) is 9.35. The third-order valence-corrected chi connectivity index (χ3v) is 6.34. The molecular weight excluding hydrogens is 395 g/mol. The lowest BCUT2D eigenvalue weighted by molar-refractivity contribution is 0.0186. The Morgan fingerprint density at radius 1 is 1.28 bits per heavy atom. The number of hydrogen-bond donors (Lipinski definition) is 1. The topological polar surface area (TPSA) is 88.4 Å². The first-order valence-electron chi connectivity index (χ1n) is 9.42. The van der Waals surface area contributed by atoms with Gasteiger partial charge in [0.1, 0.15) is 11.6 Å². The van der Waals surface area contributed by atoms with Gasteiger partial charge in [-0.05, 0) is 48.7 Å². The number of nitriles is 1. The normalized spacial score (nSPS) is 19.5. The minimum atomic E-state index is -3.30. The number of nitrogens with one attached hydrogen (secondary N) is 1. The third-order valence-electron chi connectivity index (χ3n) is 4.92. The van der Waals surface area contributed by atoms with Gasteiger partial charge in [-0.1, -0.05) is 18.2 Å². The summed E-state index contributed by atoms with van der Waals surface area (Å²) in [5.74, 6) is 0.116. The lowest BCUT2D eigenvalue weighted by atomic mass is 9.97. The van der Waals surface area contributed by atoms with Crippen molar-refractivity contribution in [2.24, 2.45) is 5.92 Å². The molecule has 0 bridgehead atoms. The molecule has 0 aromatic heterocycles. The average molecular weight is 418 g/mol. The van der Waals surface area contributed by atoms with Crippen LogP contribution in [0.2, 0.25) is 0 Å². The van der Waals surface area contributed by atoms with E-state index in [1.807, 2.05) is 6.07 Å². The molecule has 2 aromatic carbocycles. The maximum atomic E-state index is 13.3. The van der Waals surface area contributed by atoms with Crippen molar-refractivity contribution in [1.29, 1.82) is 5.26 Å². The summed E-state index contributed by atoms with van der Waals surface area (Å²) in [6, 6.07) is 13.0. The van der Waals surface area contributed by atoms with Crippen LogP contribution in [0.3, 0.4) is 0 Å². The van der Waals surface area contributed by atoms with Crippen molar-refractivity contribution in [3.05, 3.63) is 53.8 Å². The van der Waals surface area contributed by atoms with E-state index >= 15 is 0 Å². The van der Waals surface area contributed by atoms with Gasteiger partial charge < -0.3 is 9.47 Å². The summed E-state index contributed by atoms with van der Waals surface area (Å²) in [6.07, 6.45) is 0.605. The van der Waals surface area contributed by atoms with E-state index in [0.717, 1.165) is 5.56 Å². The highest BCUT2D eigenvalue weighted by Gasteiger charge is 2.29. The van der Waals surface area contributed by atoms with E-state index in [2.05, 4.69) is 4.72 Å². The molecule has 1 aliphatic heterocycles. The standard InChI is InChI=1S/C21H23FN2O4S/c1-2-29(25,26)24-21-9-10-27-13-17(21)14-28-19-6-3-15(4-7-19)20-8-5-18(22)11-16(20)12-23/h3-8,11,17,21,24H,2,9-10,13-14H2,1H3/t17-,21+/m1/s1. The summed E-state index contributed by atoms with van der Waals surface area (Å²) in [4.78, 5) is 0. The molecule has 1 saturated heterocycles. The molecule has 0 spiro atoms. The van der Waals surface area contributed by atoms with Crippen LogP contribution in [-0.2, 0) is 14.8 Å². The molecule has 1 fully saturated rings. The first-order chi connectivity index (χ1) is 13.9. The summed E-state index contributed by atoms with van der Waals surface area (Å²) in [5, 5.41) is 9.21. The van der Waals surface area contributed by atoms with E-state index in [9.17, 15) is 18.1 Å². The molecule has 1 aliphatic rings. The Morgan fingerprint density at radius 2 is 2.03 bits per heavy atom. The zero-order valence-electron chi connectivity index (χ0n) is 16.1. The van der Waals surface area contributed by atoms with Crippen LogP contribution in [0.15, 0.2) is 42.5 Å². The fraction of sp³-hybridized carbons (Fsp3) is 0.381. The van der Waals surface area contributed by atoms with Gasteiger partial charge in [0.2, 0.25) is 10.0 Å². The zero-order valence-corrected chi connectivity index (χ0v) is 16.9. The Bertz CT molecular complexity index is 987. The van der Waals surface area contributed by atoms with Crippen LogP contribution < -0.4 is 9.46 Å². The molecule has 2 aromatic rings. The Labute approximate surface area is 170 Å². The predicted molar refractivity (Wildman–Crippen MR) is 107 cm³/mol. The summed E-state index contributed by atoms with van der Waals surface area (Å²) in [7, 11) is -3.30. The van der Waals surface area contributed by atoms with Crippen LogP contribution in [0.25, 0.3) is 11.1 Å². The smallest absolute Gasteiger partial charge is 0.211 e. The number of sulfonamides is 1. The van der Waals surface area contributed by atoms with Crippen LogP contribution in [0, 0.1) is 23.1 Å². The van der Waals surface area contributed by atoms with Gasteiger partial charge in [-0.3, -0.25) is 0 Å². The van der Waals surface area contributed by atoms with Gasteiger partial charge in [-0.2, -0.15) is 5.26 Å². The molecule has 6 nitrogen and oxygen atoms in total. The molecule has 154 valence electrons. The lowest BCUT2D eigenvalue weighted by Gasteiger charge is -2.31. The zero-order chi connectivity index (χ0) is 20.9. The van der Waals surface area contributed by atoms with E-state index < -0.39 is 15.8 Å². The molecular formula is C21H23FN2O4S. The van der Waals surface area contributed by atoms with Gasteiger partial charge in [0.05, 0.1) is 30.6 Å². The third kappa shape index (κ3) is 5.54. The highest BCUT2D eigenvalue weighted by molar-refractivity contribution is 7.89. The second-order valence-corrected chi connectivity index (χ2v) is 8.93. The van der Waals surface area contributed by atoms with Crippen LogP contribution in [0.5, 0.6) is 5.75 Å². The van der Waals surface area contributed by atoms with Crippen molar-refractivity contribution in [3.63, 3.8) is 0 Å². The number of benzene rings is 2. The molecule has 0 aliphatic carbocycles. The van der Waals surface area contributed by atoms with E-state index in [4.69, 9.17) is 9.47 Å². The summed E-state index contributed by atoms with van der Waals surface area (Å²) in [6.45, 7) is 2.86.